The highest BCUT2D eigenvalue weighted by molar-refractivity contribution is 6.30. The van der Waals surface area contributed by atoms with Crippen LogP contribution in [0.2, 0.25) is 5.02 Å². The van der Waals surface area contributed by atoms with Gasteiger partial charge in [0.1, 0.15) is 18.1 Å². The lowest BCUT2D eigenvalue weighted by Crippen LogP contribution is -2.37. The first-order valence-corrected chi connectivity index (χ1v) is 14.1. The van der Waals surface area contributed by atoms with Gasteiger partial charge in [-0.3, -0.25) is 4.79 Å². The first kappa shape index (κ1) is 27.2. The Hall–Kier alpha value is -4.64. The molecule has 3 aromatic carbocycles. The van der Waals surface area contributed by atoms with E-state index >= 15 is 0 Å². The zero-order valence-corrected chi connectivity index (χ0v) is 24.4. The summed E-state index contributed by atoms with van der Waals surface area (Å²) < 4.78 is 41.8. The van der Waals surface area contributed by atoms with Crippen LogP contribution >= 0.6 is 11.6 Å². The molecule has 1 aromatic heterocycles. The maximum atomic E-state index is 13.5. The number of aromatic nitrogens is 3. The Morgan fingerprint density at radius 3 is 2.30 bits per heavy atom. The van der Waals surface area contributed by atoms with Crippen LogP contribution < -0.4 is 28.4 Å². The average molecular weight is 606 g/mol. The van der Waals surface area contributed by atoms with E-state index in [1.54, 1.807) is 50.3 Å². The number of methoxy groups -OCH3 is 3. The molecule has 2 aliphatic heterocycles. The number of fused-ring (bicyclic) bond motifs is 3. The molecule has 4 aromatic rings. The molecular formula is C31H28ClN3O8. The summed E-state index contributed by atoms with van der Waals surface area (Å²) in [7, 11) is 4.68. The Balaban J connectivity index is 1.33. The summed E-state index contributed by atoms with van der Waals surface area (Å²) in [4.78, 5) is 13.5. The van der Waals surface area contributed by atoms with Gasteiger partial charge in [-0.1, -0.05) is 16.8 Å². The molecule has 4 atom stereocenters. The zero-order valence-electron chi connectivity index (χ0n) is 23.6. The number of hydrogen-bond donors (Lipinski definition) is 0. The molecule has 0 radical (unpaired) electrons. The van der Waals surface area contributed by atoms with Crippen molar-refractivity contribution in [1.82, 2.24) is 15.0 Å². The number of carbonyl (C=O) groups is 1. The SMILES string of the molecule is COc1cc([C@@H]2c3cc4c(cc3[C@@H](n3cc(COc5ccc(Cl)cc5)nn3)[C@H]3COC(=O)[C@H]23)OCO4)cc(OC)c1OC. The second-order valence-corrected chi connectivity index (χ2v) is 10.9. The van der Waals surface area contributed by atoms with E-state index in [4.69, 9.17) is 44.8 Å². The van der Waals surface area contributed by atoms with Crippen molar-refractivity contribution >= 4 is 17.6 Å². The number of ether oxygens (including phenoxy) is 7. The zero-order chi connectivity index (χ0) is 29.7. The van der Waals surface area contributed by atoms with Crippen molar-refractivity contribution in [2.75, 3.05) is 34.7 Å². The van der Waals surface area contributed by atoms with E-state index in [1.807, 2.05) is 30.5 Å². The number of benzene rings is 3. The van der Waals surface area contributed by atoms with Crippen LogP contribution in [0.5, 0.6) is 34.5 Å². The Bertz CT molecular complexity index is 1670. The van der Waals surface area contributed by atoms with E-state index in [0.717, 1.165) is 16.7 Å². The fourth-order valence-corrected chi connectivity index (χ4v) is 6.48. The second kappa shape index (κ2) is 10.9. The predicted molar refractivity (Wildman–Crippen MR) is 152 cm³/mol. The summed E-state index contributed by atoms with van der Waals surface area (Å²) >= 11 is 5.99. The second-order valence-electron chi connectivity index (χ2n) is 10.5. The van der Waals surface area contributed by atoms with E-state index in [0.29, 0.717) is 45.2 Å². The summed E-state index contributed by atoms with van der Waals surface area (Å²) in [5.74, 6) is 1.88. The number of hydrogen-bond acceptors (Lipinski definition) is 10. The number of halogens is 1. The third kappa shape index (κ3) is 4.64. The van der Waals surface area contributed by atoms with Gasteiger partial charge in [0.25, 0.3) is 0 Å². The average Bonchev–Trinajstić information content (AvgIpc) is 3.78. The van der Waals surface area contributed by atoms with Crippen LogP contribution in [0, 0.1) is 11.8 Å². The van der Waals surface area contributed by atoms with E-state index in [1.165, 1.54) is 0 Å². The van der Waals surface area contributed by atoms with Crippen molar-refractivity contribution in [2.45, 2.75) is 18.6 Å². The van der Waals surface area contributed by atoms with E-state index in [2.05, 4.69) is 10.3 Å². The molecule has 0 saturated carbocycles. The van der Waals surface area contributed by atoms with Gasteiger partial charge in [0.05, 0.1) is 46.1 Å². The molecule has 0 unspecified atom stereocenters. The Morgan fingerprint density at radius 2 is 1.63 bits per heavy atom. The van der Waals surface area contributed by atoms with Crippen LogP contribution in [0.25, 0.3) is 0 Å². The lowest BCUT2D eigenvalue weighted by atomic mass is 9.65. The fraction of sp³-hybridized carbons (Fsp3) is 0.323. The molecule has 11 nitrogen and oxygen atoms in total. The minimum atomic E-state index is -0.529. The van der Waals surface area contributed by atoms with E-state index < -0.39 is 11.8 Å². The normalized spacial score (nSPS) is 21.5. The minimum Gasteiger partial charge on any atom is -0.493 e. The van der Waals surface area contributed by atoms with Crippen LogP contribution in [-0.2, 0) is 16.1 Å². The minimum absolute atomic E-state index is 0.113. The number of esters is 1. The fourth-order valence-electron chi connectivity index (χ4n) is 6.36. The van der Waals surface area contributed by atoms with Crippen molar-refractivity contribution < 1.29 is 38.0 Å². The van der Waals surface area contributed by atoms with Gasteiger partial charge in [0.2, 0.25) is 12.5 Å². The molecule has 12 heteroatoms. The molecule has 3 heterocycles. The van der Waals surface area contributed by atoms with Crippen LogP contribution in [0.15, 0.2) is 54.7 Å². The molecular weight excluding hydrogens is 578 g/mol. The van der Waals surface area contributed by atoms with E-state index in [-0.39, 0.29) is 37.9 Å². The predicted octanol–water partition coefficient (Wildman–Crippen LogP) is 4.79. The van der Waals surface area contributed by atoms with Crippen LogP contribution in [-0.4, -0.2) is 55.7 Å². The van der Waals surface area contributed by atoms with Crippen molar-refractivity contribution in [2.24, 2.45) is 11.8 Å². The highest BCUT2D eigenvalue weighted by Crippen LogP contribution is 2.56. The quantitative estimate of drug-likeness (QED) is 0.260. The molecule has 1 aliphatic carbocycles. The third-order valence-corrected chi connectivity index (χ3v) is 8.49. The van der Waals surface area contributed by atoms with Gasteiger partial charge >= 0.3 is 5.97 Å². The Morgan fingerprint density at radius 1 is 0.930 bits per heavy atom. The summed E-state index contributed by atoms with van der Waals surface area (Å²) in [5.41, 5.74) is 3.26. The van der Waals surface area contributed by atoms with Crippen molar-refractivity contribution in [3.63, 3.8) is 0 Å². The van der Waals surface area contributed by atoms with Gasteiger partial charge in [0, 0.05) is 16.9 Å². The number of nitrogens with zero attached hydrogens (tertiary/aromatic N) is 3. The molecule has 43 heavy (non-hydrogen) atoms. The van der Waals surface area contributed by atoms with Crippen LogP contribution in [0.1, 0.15) is 34.3 Å². The Labute approximate surface area is 252 Å². The monoisotopic (exact) mass is 605 g/mol. The van der Waals surface area contributed by atoms with Crippen molar-refractivity contribution in [1.29, 1.82) is 0 Å². The molecule has 1 saturated heterocycles. The Kier molecular flexibility index (Phi) is 6.89. The first-order valence-electron chi connectivity index (χ1n) is 13.7. The number of cyclic esters (lactones) is 1. The maximum absolute atomic E-state index is 13.5. The third-order valence-electron chi connectivity index (χ3n) is 8.24. The standard InChI is InChI=1S/C31H28ClN3O8/c1-37-25-8-16(9-26(38-2)30(25)39-3)27-20-10-23-24(43-15-42-23)11-21(20)29(22-14-41-31(36)28(22)27)35-12-18(33-34-35)13-40-19-6-4-17(32)5-7-19/h4-12,22,27-29H,13-15H2,1-3H3/t22-,27+,28-,29+/m0/s1. The number of rotatable bonds is 8. The molecule has 3 aliphatic rings. The van der Waals surface area contributed by atoms with Gasteiger partial charge < -0.3 is 33.2 Å². The largest absolute Gasteiger partial charge is 0.493 e. The summed E-state index contributed by atoms with van der Waals surface area (Å²) in [6.07, 6.45) is 1.84. The maximum Gasteiger partial charge on any atom is 0.310 e. The summed E-state index contributed by atoms with van der Waals surface area (Å²) in [5, 5.41) is 9.49. The highest BCUT2D eigenvalue weighted by atomic mass is 35.5. The van der Waals surface area contributed by atoms with E-state index in [9.17, 15) is 4.79 Å². The lowest BCUT2D eigenvalue weighted by Gasteiger charge is -2.39. The summed E-state index contributed by atoms with van der Waals surface area (Å²) in [6, 6.07) is 14.4. The first-order chi connectivity index (χ1) is 21.0. The van der Waals surface area contributed by atoms with Gasteiger partial charge in [-0.15, -0.1) is 5.10 Å². The lowest BCUT2D eigenvalue weighted by molar-refractivity contribution is -0.141. The van der Waals surface area contributed by atoms with Gasteiger partial charge in [0.15, 0.2) is 23.0 Å². The van der Waals surface area contributed by atoms with Gasteiger partial charge in [-0.25, -0.2) is 4.68 Å². The molecule has 7 rings (SSSR count). The molecule has 222 valence electrons. The van der Waals surface area contributed by atoms with Gasteiger partial charge in [-0.2, -0.15) is 0 Å². The number of carbonyl (C=O) groups excluding carboxylic acids is 1. The van der Waals surface area contributed by atoms with Crippen molar-refractivity contribution in [3.8, 4) is 34.5 Å². The molecule has 0 N–H and O–H groups in total. The van der Waals surface area contributed by atoms with Crippen LogP contribution in [0.3, 0.4) is 0 Å². The highest BCUT2D eigenvalue weighted by Gasteiger charge is 2.53. The van der Waals surface area contributed by atoms with Crippen LogP contribution in [0.4, 0.5) is 0 Å². The molecule has 0 spiro atoms. The molecule has 1 fully saturated rings. The topological polar surface area (TPSA) is 112 Å². The molecule has 0 bridgehead atoms. The smallest absolute Gasteiger partial charge is 0.310 e. The molecule has 0 amide bonds. The van der Waals surface area contributed by atoms with Gasteiger partial charge in [-0.05, 0) is 65.2 Å². The van der Waals surface area contributed by atoms with Crippen molar-refractivity contribution in [3.05, 3.63) is 82.1 Å². The summed E-state index contributed by atoms with van der Waals surface area (Å²) in [6.45, 7) is 0.543.